The minimum absolute atomic E-state index is 0.750. The normalized spacial score (nSPS) is 9.25. The van der Waals surface area contributed by atoms with Crippen LogP contribution in [-0.2, 0) is 0 Å². The topological polar surface area (TPSA) is 40.5 Å². The summed E-state index contributed by atoms with van der Waals surface area (Å²) in [7, 11) is -0.750. The molecule has 0 bridgehead atoms. The molecule has 2 nitrogen and oxygen atoms in total. The zero-order chi connectivity index (χ0) is 5.98. The van der Waals surface area contributed by atoms with Crippen molar-refractivity contribution in [2.45, 2.75) is 0 Å². The van der Waals surface area contributed by atoms with Crippen LogP contribution in [0.4, 0.5) is 0 Å². The van der Waals surface area contributed by atoms with Gasteiger partial charge in [0.15, 0.2) is 0 Å². The molecule has 2 aliphatic rings. The second kappa shape index (κ2) is 2.30. The zero-order valence-electron chi connectivity index (χ0n) is 4.16. The standard InChI is InChI=1S/C4H2S.BH3O2/c1-3-2-5-4(1)3;2-1-3/h1-2H;1-3H. The van der Waals surface area contributed by atoms with Gasteiger partial charge in [-0.1, -0.05) is 0 Å². The highest BCUT2D eigenvalue weighted by Crippen LogP contribution is 2.42. The molecule has 0 saturated carbocycles. The molecule has 8 heavy (non-hydrogen) atoms. The van der Waals surface area contributed by atoms with E-state index in [9.17, 15) is 0 Å². The highest BCUT2D eigenvalue weighted by atomic mass is 32.1. The highest BCUT2D eigenvalue weighted by molar-refractivity contribution is 7.18. The molecule has 1 aliphatic heterocycles. The van der Waals surface area contributed by atoms with E-state index in [1.54, 1.807) is 0 Å². The Morgan fingerprint density at radius 1 is 1.50 bits per heavy atom. The summed E-state index contributed by atoms with van der Waals surface area (Å²) in [5.74, 6) is 0. The van der Waals surface area contributed by atoms with Crippen LogP contribution in [-0.4, -0.2) is 17.7 Å². The fraction of sp³-hybridized carbons (Fsp3) is 0. The molecule has 1 heterocycles. The van der Waals surface area contributed by atoms with Crippen LogP contribution < -0.4 is 0 Å². The Balaban J connectivity index is 0.0000000960. The molecule has 2 N–H and O–H groups in total. The van der Waals surface area contributed by atoms with Crippen molar-refractivity contribution in [1.29, 1.82) is 0 Å². The van der Waals surface area contributed by atoms with Crippen molar-refractivity contribution in [2.75, 3.05) is 0 Å². The van der Waals surface area contributed by atoms with Crippen LogP contribution in [0.5, 0.6) is 0 Å². The molecule has 0 unspecified atom stereocenters. The summed E-state index contributed by atoms with van der Waals surface area (Å²) in [4.78, 5) is 1.50. The van der Waals surface area contributed by atoms with Crippen molar-refractivity contribution in [3.63, 3.8) is 0 Å². The van der Waals surface area contributed by atoms with E-state index in [1.807, 2.05) is 11.3 Å². The van der Waals surface area contributed by atoms with E-state index >= 15 is 0 Å². The Morgan fingerprint density at radius 2 is 2.00 bits per heavy atom. The first kappa shape index (κ1) is 5.82. The molecule has 0 atom stereocenters. The second-order valence-corrected chi connectivity index (χ2v) is 2.25. The van der Waals surface area contributed by atoms with E-state index in [0.717, 1.165) is 0 Å². The summed E-state index contributed by atoms with van der Waals surface area (Å²) in [5.41, 5.74) is 1.48. The van der Waals surface area contributed by atoms with Crippen LogP contribution in [0.2, 0.25) is 0 Å². The molecule has 0 spiro atoms. The van der Waals surface area contributed by atoms with Crippen molar-refractivity contribution in [1.82, 2.24) is 0 Å². The largest absolute Gasteiger partial charge is 0.432 e. The first-order valence-corrected chi connectivity index (χ1v) is 3.07. The zero-order valence-corrected chi connectivity index (χ0v) is 4.98. The van der Waals surface area contributed by atoms with E-state index in [1.165, 1.54) is 10.4 Å². The van der Waals surface area contributed by atoms with Crippen LogP contribution in [0, 0.1) is 0 Å². The van der Waals surface area contributed by atoms with Crippen LogP contribution >= 0.6 is 11.3 Å². The van der Waals surface area contributed by atoms with Gasteiger partial charge in [0, 0.05) is 15.8 Å². The summed E-state index contributed by atoms with van der Waals surface area (Å²) in [6.07, 6.45) is 0. The van der Waals surface area contributed by atoms with Gasteiger partial charge in [-0.3, -0.25) is 0 Å². The summed E-state index contributed by atoms with van der Waals surface area (Å²) in [6.45, 7) is 0. The summed E-state index contributed by atoms with van der Waals surface area (Å²) < 4.78 is 0. The van der Waals surface area contributed by atoms with E-state index < -0.39 is 7.69 Å². The molecule has 0 amide bonds. The van der Waals surface area contributed by atoms with Crippen molar-refractivity contribution < 1.29 is 10.0 Å². The van der Waals surface area contributed by atoms with Crippen LogP contribution in [0.25, 0.3) is 10.4 Å². The lowest BCUT2D eigenvalue weighted by Gasteiger charge is -1.75. The molecule has 42 valence electrons. The average molecular weight is 128 g/mol. The molecular formula is C4H5BO2S. The molecule has 0 fully saturated rings. The third-order valence-electron chi connectivity index (χ3n) is 0.801. The Morgan fingerprint density at radius 3 is 2.00 bits per heavy atom. The monoisotopic (exact) mass is 128 g/mol. The number of hydrogen-bond donors (Lipinski definition) is 2. The van der Waals surface area contributed by atoms with Gasteiger partial charge in [0.25, 0.3) is 0 Å². The summed E-state index contributed by atoms with van der Waals surface area (Å²) in [6, 6.07) is 2.19. The van der Waals surface area contributed by atoms with Crippen molar-refractivity contribution in [3.05, 3.63) is 11.4 Å². The number of fused-ring (bicyclic) bond motifs is 1. The van der Waals surface area contributed by atoms with Crippen molar-refractivity contribution in [2.24, 2.45) is 0 Å². The Kier molecular flexibility index (Phi) is 1.67. The van der Waals surface area contributed by atoms with Crippen molar-refractivity contribution >= 4 is 19.0 Å². The minimum Gasteiger partial charge on any atom is -0.430 e. The van der Waals surface area contributed by atoms with Crippen molar-refractivity contribution in [3.8, 4) is 10.4 Å². The Hall–Kier alpha value is -0.315. The van der Waals surface area contributed by atoms with Gasteiger partial charge in [-0.05, 0) is 6.07 Å². The molecule has 0 aromatic rings. The third kappa shape index (κ3) is 1.09. The molecule has 0 radical (unpaired) electrons. The number of thiophene rings is 1. The highest BCUT2D eigenvalue weighted by Gasteiger charge is 2.12. The maximum Gasteiger partial charge on any atom is 0.432 e. The lowest BCUT2D eigenvalue weighted by molar-refractivity contribution is 0.448. The molecule has 4 heteroatoms. The van der Waals surface area contributed by atoms with E-state index in [-0.39, 0.29) is 0 Å². The Bertz CT molecular complexity index is 150. The van der Waals surface area contributed by atoms with E-state index in [0.29, 0.717) is 0 Å². The maximum absolute atomic E-state index is 7.12. The molecule has 0 aromatic carbocycles. The van der Waals surface area contributed by atoms with Gasteiger partial charge in [0.1, 0.15) is 0 Å². The quantitative estimate of drug-likeness (QED) is 0.489. The SMILES string of the molecule is OBO.c1sc2cc1-2. The van der Waals surface area contributed by atoms with Gasteiger partial charge < -0.3 is 10.0 Å². The van der Waals surface area contributed by atoms with E-state index in [2.05, 4.69) is 11.4 Å². The molecule has 0 saturated heterocycles. The predicted molar refractivity (Wildman–Crippen MR) is 34.9 cm³/mol. The third-order valence-corrected chi connectivity index (χ3v) is 1.78. The molecule has 2 rings (SSSR count). The smallest absolute Gasteiger partial charge is 0.430 e. The van der Waals surface area contributed by atoms with Gasteiger partial charge in [0.05, 0.1) is 0 Å². The number of rotatable bonds is 0. The van der Waals surface area contributed by atoms with Gasteiger partial charge in [-0.2, -0.15) is 0 Å². The van der Waals surface area contributed by atoms with Crippen LogP contribution in [0.1, 0.15) is 0 Å². The predicted octanol–water partition coefficient (Wildman–Crippen LogP) is -0.0340. The molecule has 0 aromatic heterocycles. The first-order chi connectivity index (χ1) is 3.88. The minimum atomic E-state index is -0.750. The second-order valence-electron chi connectivity index (χ2n) is 1.34. The Labute approximate surface area is 51.7 Å². The fourth-order valence-electron chi connectivity index (χ4n) is 0.368. The van der Waals surface area contributed by atoms with Gasteiger partial charge in [-0.15, -0.1) is 11.3 Å². The van der Waals surface area contributed by atoms with Crippen LogP contribution in [0.3, 0.4) is 0 Å². The summed E-state index contributed by atoms with van der Waals surface area (Å²) in [5, 5.41) is 16.4. The number of hydrogen-bond acceptors (Lipinski definition) is 3. The summed E-state index contributed by atoms with van der Waals surface area (Å²) >= 11 is 1.83. The first-order valence-electron chi connectivity index (χ1n) is 2.19. The maximum atomic E-state index is 7.12. The lowest BCUT2D eigenvalue weighted by Crippen LogP contribution is -1.75. The van der Waals surface area contributed by atoms with Gasteiger partial charge in [0.2, 0.25) is 0 Å². The van der Waals surface area contributed by atoms with Gasteiger partial charge in [-0.25, -0.2) is 0 Å². The average Bonchev–Trinajstić information content (AvgIpc) is 2.16. The van der Waals surface area contributed by atoms with Gasteiger partial charge >= 0.3 is 7.69 Å². The van der Waals surface area contributed by atoms with E-state index in [4.69, 9.17) is 10.0 Å². The van der Waals surface area contributed by atoms with Crippen LogP contribution in [0.15, 0.2) is 11.4 Å². The molecular weight excluding hydrogens is 123 g/mol. The fourth-order valence-corrected chi connectivity index (χ4v) is 1.02. The lowest BCUT2D eigenvalue weighted by atomic mass is 10.5. The molecule has 1 aliphatic carbocycles.